The maximum Gasteiger partial charge on any atom is 0.325 e. The van der Waals surface area contributed by atoms with Crippen molar-refractivity contribution < 1.29 is 19.1 Å². The predicted molar refractivity (Wildman–Crippen MR) is 110 cm³/mol. The van der Waals surface area contributed by atoms with Gasteiger partial charge in [-0.05, 0) is 17.7 Å². The lowest BCUT2D eigenvalue weighted by Gasteiger charge is -2.34. The van der Waals surface area contributed by atoms with E-state index >= 15 is 0 Å². The summed E-state index contributed by atoms with van der Waals surface area (Å²) in [6, 6.07) is 11.1. The Morgan fingerprint density at radius 1 is 1.00 bits per heavy atom. The van der Waals surface area contributed by atoms with E-state index in [4.69, 9.17) is 4.74 Å². The lowest BCUT2D eigenvalue weighted by atomic mass is 10.2. The molecule has 156 valence electrons. The summed E-state index contributed by atoms with van der Waals surface area (Å²) in [7, 11) is 0. The topological polar surface area (TPSA) is 105 Å². The van der Waals surface area contributed by atoms with Gasteiger partial charge < -0.3 is 19.9 Å². The quantitative estimate of drug-likeness (QED) is 0.524. The summed E-state index contributed by atoms with van der Waals surface area (Å²) < 4.78 is 4.97. The molecule has 30 heavy (non-hydrogen) atoms. The molecule has 0 atom stereocenters. The van der Waals surface area contributed by atoms with Gasteiger partial charge in [-0.1, -0.05) is 30.3 Å². The van der Waals surface area contributed by atoms with Crippen molar-refractivity contribution >= 4 is 29.8 Å². The molecule has 0 aliphatic carbocycles. The zero-order chi connectivity index (χ0) is 21.2. The van der Waals surface area contributed by atoms with Gasteiger partial charge in [0.2, 0.25) is 11.9 Å². The molecule has 2 aromatic rings. The van der Waals surface area contributed by atoms with Crippen molar-refractivity contribution in [1.29, 1.82) is 0 Å². The first-order chi connectivity index (χ1) is 14.6. The summed E-state index contributed by atoms with van der Waals surface area (Å²) in [6.45, 7) is 1.55. The van der Waals surface area contributed by atoms with Gasteiger partial charge in [0, 0.05) is 44.6 Å². The Hall–Kier alpha value is -3.75. The van der Waals surface area contributed by atoms with E-state index in [9.17, 15) is 14.4 Å². The minimum Gasteiger partial charge on any atom is -0.454 e. The van der Waals surface area contributed by atoms with Gasteiger partial charge in [-0.2, -0.15) is 0 Å². The fourth-order valence-corrected chi connectivity index (χ4v) is 2.85. The fourth-order valence-electron chi connectivity index (χ4n) is 2.85. The second kappa shape index (κ2) is 10.7. The lowest BCUT2D eigenvalue weighted by molar-refractivity contribution is -0.151. The molecular weight excluding hydrogens is 386 g/mol. The number of aromatic nitrogens is 2. The highest BCUT2D eigenvalue weighted by atomic mass is 16.5. The Kier molecular flexibility index (Phi) is 7.48. The van der Waals surface area contributed by atoms with E-state index in [1.807, 2.05) is 35.2 Å². The van der Waals surface area contributed by atoms with Crippen molar-refractivity contribution in [2.24, 2.45) is 0 Å². The summed E-state index contributed by atoms with van der Waals surface area (Å²) in [5.74, 6) is -0.720. The molecule has 0 saturated carbocycles. The average molecular weight is 409 g/mol. The molecular formula is C21H23N5O4. The van der Waals surface area contributed by atoms with Crippen molar-refractivity contribution in [3.8, 4) is 0 Å². The van der Waals surface area contributed by atoms with Crippen LogP contribution in [-0.4, -0.2) is 72.0 Å². The van der Waals surface area contributed by atoms with Crippen LogP contribution in [0.25, 0.3) is 6.08 Å². The minimum atomic E-state index is -0.666. The van der Waals surface area contributed by atoms with Crippen molar-refractivity contribution in [2.45, 2.75) is 0 Å². The SMILES string of the molecule is O=C(/C=C/c1ccccc1)NCC(=O)OCC(=O)N1CCN(c2ncccn2)CC1. The molecule has 1 saturated heterocycles. The molecule has 1 fully saturated rings. The number of benzene rings is 1. The molecule has 1 aliphatic heterocycles. The smallest absolute Gasteiger partial charge is 0.325 e. The Labute approximate surface area is 174 Å². The maximum absolute atomic E-state index is 12.2. The number of nitrogens with zero attached hydrogens (tertiary/aromatic N) is 4. The first kappa shape index (κ1) is 21.0. The van der Waals surface area contributed by atoms with Crippen LogP contribution >= 0.6 is 0 Å². The third kappa shape index (κ3) is 6.40. The van der Waals surface area contributed by atoms with Gasteiger partial charge in [-0.15, -0.1) is 0 Å². The van der Waals surface area contributed by atoms with E-state index < -0.39 is 11.9 Å². The number of carbonyl (C=O) groups excluding carboxylic acids is 3. The fraction of sp³-hybridized carbons (Fsp3) is 0.286. The normalized spacial score (nSPS) is 13.9. The predicted octanol–water partition coefficient (Wildman–Crippen LogP) is 0.498. The van der Waals surface area contributed by atoms with Crippen molar-refractivity contribution in [1.82, 2.24) is 20.2 Å². The second-order valence-electron chi connectivity index (χ2n) is 6.54. The molecule has 1 aliphatic rings. The van der Waals surface area contributed by atoms with Gasteiger partial charge in [0.25, 0.3) is 5.91 Å². The summed E-state index contributed by atoms with van der Waals surface area (Å²) in [5, 5.41) is 2.43. The van der Waals surface area contributed by atoms with Crippen LogP contribution in [0.4, 0.5) is 5.95 Å². The highest BCUT2D eigenvalue weighted by molar-refractivity contribution is 5.93. The van der Waals surface area contributed by atoms with E-state index in [1.54, 1.807) is 29.4 Å². The van der Waals surface area contributed by atoms with Crippen LogP contribution in [0.15, 0.2) is 54.9 Å². The number of anilines is 1. The summed E-state index contributed by atoms with van der Waals surface area (Å²) >= 11 is 0. The van der Waals surface area contributed by atoms with Crippen molar-refractivity contribution in [2.75, 3.05) is 44.2 Å². The van der Waals surface area contributed by atoms with Gasteiger partial charge in [0.1, 0.15) is 6.54 Å². The average Bonchev–Trinajstić information content (AvgIpc) is 2.81. The number of amides is 2. The third-order valence-corrected chi connectivity index (χ3v) is 4.46. The Morgan fingerprint density at radius 3 is 2.40 bits per heavy atom. The molecule has 0 unspecified atom stereocenters. The van der Waals surface area contributed by atoms with Crippen LogP contribution in [-0.2, 0) is 19.1 Å². The van der Waals surface area contributed by atoms with Gasteiger partial charge in [0.15, 0.2) is 6.61 Å². The van der Waals surface area contributed by atoms with E-state index in [0.717, 1.165) is 5.56 Å². The van der Waals surface area contributed by atoms with Crippen LogP contribution in [0.2, 0.25) is 0 Å². The first-order valence-corrected chi connectivity index (χ1v) is 9.58. The second-order valence-corrected chi connectivity index (χ2v) is 6.54. The highest BCUT2D eigenvalue weighted by Gasteiger charge is 2.23. The van der Waals surface area contributed by atoms with Crippen LogP contribution in [0.3, 0.4) is 0 Å². The summed E-state index contributed by atoms with van der Waals surface area (Å²) in [5.41, 5.74) is 0.875. The lowest BCUT2D eigenvalue weighted by Crippen LogP contribution is -2.50. The van der Waals surface area contributed by atoms with Crippen molar-refractivity contribution in [3.05, 3.63) is 60.4 Å². The molecule has 2 amide bonds. The molecule has 1 N–H and O–H groups in total. The molecule has 3 rings (SSSR count). The van der Waals surface area contributed by atoms with Crippen LogP contribution in [0, 0.1) is 0 Å². The number of hydrogen-bond acceptors (Lipinski definition) is 7. The molecule has 2 heterocycles. The number of rotatable bonds is 7. The molecule has 1 aromatic heterocycles. The zero-order valence-corrected chi connectivity index (χ0v) is 16.4. The molecule has 1 aromatic carbocycles. The number of ether oxygens (including phenoxy) is 1. The summed E-state index contributed by atoms with van der Waals surface area (Å²) in [6.07, 6.45) is 6.33. The summed E-state index contributed by atoms with van der Waals surface area (Å²) in [4.78, 5) is 47.8. The van der Waals surface area contributed by atoms with Crippen LogP contribution < -0.4 is 10.2 Å². The van der Waals surface area contributed by atoms with E-state index in [2.05, 4.69) is 15.3 Å². The number of hydrogen-bond donors (Lipinski definition) is 1. The monoisotopic (exact) mass is 409 g/mol. The van der Waals surface area contributed by atoms with Crippen LogP contribution in [0.1, 0.15) is 5.56 Å². The largest absolute Gasteiger partial charge is 0.454 e. The molecule has 9 heteroatoms. The maximum atomic E-state index is 12.2. The van der Waals surface area contributed by atoms with Gasteiger partial charge in [-0.3, -0.25) is 14.4 Å². The van der Waals surface area contributed by atoms with Gasteiger partial charge in [0.05, 0.1) is 0 Å². The van der Waals surface area contributed by atoms with Gasteiger partial charge >= 0.3 is 5.97 Å². The highest BCUT2D eigenvalue weighted by Crippen LogP contribution is 2.09. The number of esters is 1. The molecule has 9 nitrogen and oxygen atoms in total. The molecule has 0 radical (unpaired) electrons. The van der Waals surface area contributed by atoms with E-state index in [1.165, 1.54) is 6.08 Å². The third-order valence-electron chi connectivity index (χ3n) is 4.46. The number of carbonyl (C=O) groups is 3. The zero-order valence-electron chi connectivity index (χ0n) is 16.4. The molecule has 0 spiro atoms. The van der Waals surface area contributed by atoms with Crippen molar-refractivity contribution in [3.63, 3.8) is 0 Å². The number of piperazine rings is 1. The molecule has 0 bridgehead atoms. The van der Waals surface area contributed by atoms with Gasteiger partial charge in [-0.25, -0.2) is 9.97 Å². The standard InChI is InChI=1S/C21H23N5O4/c27-18(8-7-17-5-2-1-3-6-17)24-15-20(29)30-16-19(28)25-11-13-26(14-12-25)21-22-9-4-10-23-21/h1-10H,11-16H2,(H,24,27)/b8-7+. The Morgan fingerprint density at radius 2 is 1.70 bits per heavy atom. The first-order valence-electron chi connectivity index (χ1n) is 9.58. The minimum absolute atomic E-state index is 0.271. The van der Waals surface area contributed by atoms with E-state index in [0.29, 0.717) is 32.1 Å². The van der Waals surface area contributed by atoms with E-state index in [-0.39, 0.29) is 19.1 Å². The Bertz CT molecular complexity index is 881. The van der Waals surface area contributed by atoms with Crippen LogP contribution in [0.5, 0.6) is 0 Å². The number of nitrogens with one attached hydrogen (secondary N) is 1. The Balaban J connectivity index is 1.33.